The minimum absolute atomic E-state index is 0.0116. The Morgan fingerprint density at radius 3 is 2.08 bits per heavy atom. The standard InChI is InChI=1S/C32H37N3O4/c1-38-31(36)28-23-26(34-32(37)35(21-9-4-10-22-35)27-17-19-33-20-18-27)15-16-29(28)39-30(24-11-5-2-6-12-24)25-13-7-3-8-14-25/h2-3,5-8,11-16,23,27,30,33H,4,9-10,17-22H2,1H3/p+1. The first-order valence-electron chi connectivity index (χ1n) is 14.0. The maximum Gasteiger partial charge on any atom is 0.421 e. The number of ether oxygens (including phenoxy) is 2. The van der Waals surface area contributed by atoms with E-state index in [-0.39, 0.29) is 11.6 Å². The Balaban J connectivity index is 1.44. The van der Waals surface area contributed by atoms with Gasteiger partial charge in [0.2, 0.25) is 0 Å². The molecule has 2 saturated heterocycles. The van der Waals surface area contributed by atoms with Crippen molar-refractivity contribution < 1.29 is 23.5 Å². The molecule has 204 valence electrons. The van der Waals surface area contributed by atoms with Gasteiger partial charge in [-0.25, -0.2) is 14.1 Å². The summed E-state index contributed by atoms with van der Waals surface area (Å²) in [6.45, 7) is 3.61. The summed E-state index contributed by atoms with van der Waals surface area (Å²) in [4.78, 5) is 26.8. The molecule has 0 atom stereocenters. The van der Waals surface area contributed by atoms with E-state index >= 15 is 0 Å². The quantitative estimate of drug-likeness (QED) is 0.294. The van der Waals surface area contributed by atoms with Crippen molar-refractivity contribution in [2.75, 3.05) is 38.6 Å². The third kappa shape index (κ3) is 6.00. The van der Waals surface area contributed by atoms with Crippen molar-refractivity contribution in [3.05, 3.63) is 95.6 Å². The zero-order valence-corrected chi connectivity index (χ0v) is 22.6. The first-order chi connectivity index (χ1) is 19.1. The predicted octanol–water partition coefficient (Wildman–Crippen LogP) is 5.93. The van der Waals surface area contributed by atoms with Crippen LogP contribution in [0.3, 0.4) is 0 Å². The number of esters is 1. The summed E-state index contributed by atoms with van der Waals surface area (Å²) < 4.78 is 12.1. The molecule has 39 heavy (non-hydrogen) atoms. The van der Waals surface area contributed by atoms with Gasteiger partial charge in [0.05, 0.1) is 26.2 Å². The normalized spacial score (nSPS) is 17.4. The molecule has 2 fully saturated rings. The molecule has 3 aromatic rings. The highest BCUT2D eigenvalue weighted by atomic mass is 16.5. The fourth-order valence-corrected chi connectivity index (χ4v) is 6.04. The van der Waals surface area contributed by atoms with Crippen LogP contribution >= 0.6 is 0 Å². The second kappa shape index (κ2) is 12.5. The monoisotopic (exact) mass is 528 g/mol. The van der Waals surface area contributed by atoms with Gasteiger partial charge in [0.15, 0.2) is 0 Å². The molecule has 3 aromatic carbocycles. The zero-order chi connectivity index (χ0) is 27.1. The molecule has 2 amide bonds. The molecular weight excluding hydrogens is 490 g/mol. The van der Waals surface area contributed by atoms with E-state index in [2.05, 4.69) is 10.6 Å². The zero-order valence-electron chi connectivity index (χ0n) is 22.6. The molecule has 2 N–H and O–H groups in total. The Hall–Kier alpha value is -3.68. The number of urea groups is 1. The third-order valence-corrected chi connectivity index (χ3v) is 8.11. The summed E-state index contributed by atoms with van der Waals surface area (Å²) in [5.41, 5.74) is 2.78. The minimum Gasteiger partial charge on any atom is -0.480 e. The molecule has 0 spiro atoms. The van der Waals surface area contributed by atoms with Crippen LogP contribution in [0.1, 0.15) is 59.7 Å². The summed E-state index contributed by atoms with van der Waals surface area (Å²) in [5, 5.41) is 6.59. The average molecular weight is 529 g/mol. The van der Waals surface area contributed by atoms with Gasteiger partial charge in [-0.1, -0.05) is 60.7 Å². The van der Waals surface area contributed by atoms with E-state index in [0.717, 1.165) is 63.0 Å². The van der Waals surface area contributed by atoms with Crippen molar-refractivity contribution in [2.45, 2.75) is 44.2 Å². The SMILES string of the molecule is COC(=O)c1cc(NC(=O)[N+]2(C3CCNCC3)CCCCC2)ccc1OC(c1ccccc1)c1ccccc1. The smallest absolute Gasteiger partial charge is 0.421 e. The molecular formula is C32H38N3O4+. The second-order valence-electron chi connectivity index (χ2n) is 10.5. The Morgan fingerprint density at radius 1 is 0.872 bits per heavy atom. The lowest BCUT2D eigenvalue weighted by Crippen LogP contribution is -2.65. The van der Waals surface area contributed by atoms with Crippen LogP contribution in [-0.4, -0.2) is 55.8 Å². The summed E-state index contributed by atoms with van der Waals surface area (Å²) in [7, 11) is 1.36. The summed E-state index contributed by atoms with van der Waals surface area (Å²) in [6, 6.07) is 25.4. The van der Waals surface area contributed by atoms with Crippen molar-refractivity contribution in [3.8, 4) is 5.75 Å². The third-order valence-electron chi connectivity index (χ3n) is 8.11. The molecule has 0 radical (unpaired) electrons. The number of rotatable bonds is 7. The largest absolute Gasteiger partial charge is 0.480 e. The molecule has 2 aliphatic heterocycles. The maximum absolute atomic E-state index is 13.9. The van der Waals surface area contributed by atoms with E-state index in [4.69, 9.17) is 9.47 Å². The van der Waals surface area contributed by atoms with E-state index in [1.807, 2.05) is 66.7 Å². The highest BCUT2D eigenvalue weighted by Crippen LogP contribution is 2.34. The van der Waals surface area contributed by atoms with Crippen LogP contribution in [0.15, 0.2) is 78.9 Å². The number of hydrogen-bond donors (Lipinski definition) is 2. The number of nitrogens with one attached hydrogen (secondary N) is 2. The van der Waals surface area contributed by atoms with Crippen molar-refractivity contribution in [1.29, 1.82) is 0 Å². The van der Waals surface area contributed by atoms with Crippen LogP contribution in [0.4, 0.5) is 10.5 Å². The Kier molecular flexibility index (Phi) is 8.59. The number of carbonyl (C=O) groups is 2. The minimum atomic E-state index is -0.513. The Morgan fingerprint density at radius 2 is 1.49 bits per heavy atom. The van der Waals surface area contributed by atoms with Gasteiger partial charge < -0.3 is 14.8 Å². The lowest BCUT2D eigenvalue weighted by molar-refractivity contribution is -0.879. The number of anilines is 1. The number of likely N-dealkylation sites (tertiary alicyclic amines) is 1. The van der Waals surface area contributed by atoms with Crippen LogP contribution in [0.2, 0.25) is 0 Å². The molecule has 0 saturated carbocycles. The van der Waals surface area contributed by atoms with Crippen molar-refractivity contribution in [1.82, 2.24) is 5.32 Å². The van der Waals surface area contributed by atoms with Crippen LogP contribution in [-0.2, 0) is 4.74 Å². The molecule has 2 aliphatic rings. The van der Waals surface area contributed by atoms with Gasteiger partial charge in [-0.2, -0.15) is 0 Å². The fourth-order valence-electron chi connectivity index (χ4n) is 6.04. The summed E-state index contributed by atoms with van der Waals surface area (Å²) in [5.74, 6) is -0.112. The van der Waals surface area contributed by atoms with Crippen molar-refractivity contribution in [3.63, 3.8) is 0 Å². The van der Waals surface area contributed by atoms with Crippen molar-refractivity contribution in [2.24, 2.45) is 0 Å². The van der Waals surface area contributed by atoms with Gasteiger partial charge in [-0.3, -0.25) is 5.32 Å². The molecule has 0 aromatic heterocycles. The van der Waals surface area contributed by atoms with Gasteiger partial charge >= 0.3 is 12.0 Å². The van der Waals surface area contributed by atoms with E-state index in [1.165, 1.54) is 13.5 Å². The van der Waals surface area contributed by atoms with Gasteiger partial charge in [-0.05, 0) is 48.6 Å². The highest BCUT2D eigenvalue weighted by molar-refractivity contribution is 5.95. The lowest BCUT2D eigenvalue weighted by atomic mass is 9.97. The number of quaternary nitrogens is 1. The van der Waals surface area contributed by atoms with E-state index in [1.54, 1.807) is 12.1 Å². The number of benzene rings is 3. The summed E-state index contributed by atoms with van der Waals surface area (Å²) >= 11 is 0. The first-order valence-corrected chi connectivity index (χ1v) is 14.0. The van der Waals surface area contributed by atoms with Gasteiger partial charge in [0.25, 0.3) is 0 Å². The molecule has 2 heterocycles. The van der Waals surface area contributed by atoms with Crippen LogP contribution in [0.5, 0.6) is 5.75 Å². The van der Waals surface area contributed by atoms with E-state index in [9.17, 15) is 9.59 Å². The fraction of sp³-hybridized carbons (Fsp3) is 0.375. The number of hydrogen-bond acceptors (Lipinski definition) is 5. The Labute approximate surface area is 230 Å². The molecule has 7 heteroatoms. The van der Waals surface area contributed by atoms with E-state index in [0.29, 0.717) is 22.0 Å². The van der Waals surface area contributed by atoms with Crippen molar-refractivity contribution >= 4 is 17.7 Å². The molecule has 7 nitrogen and oxygen atoms in total. The molecule has 0 bridgehead atoms. The van der Waals surface area contributed by atoms with Gasteiger partial charge in [0, 0.05) is 31.6 Å². The second-order valence-corrected chi connectivity index (χ2v) is 10.5. The number of amides is 2. The number of methoxy groups -OCH3 is 1. The van der Waals surface area contributed by atoms with Gasteiger partial charge in [-0.15, -0.1) is 0 Å². The summed E-state index contributed by atoms with van der Waals surface area (Å²) in [6.07, 6.45) is 4.84. The molecule has 0 unspecified atom stereocenters. The number of piperidine rings is 2. The average Bonchev–Trinajstić information content (AvgIpc) is 3.01. The number of nitrogens with zero attached hydrogens (tertiary/aromatic N) is 1. The molecule has 0 aliphatic carbocycles. The van der Waals surface area contributed by atoms with E-state index < -0.39 is 12.1 Å². The predicted molar refractivity (Wildman–Crippen MR) is 152 cm³/mol. The first kappa shape index (κ1) is 26.9. The van der Waals surface area contributed by atoms with Crippen LogP contribution < -0.4 is 15.4 Å². The lowest BCUT2D eigenvalue weighted by Gasteiger charge is -2.45. The van der Waals surface area contributed by atoms with Gasteiger partial charge in [0.1, 0.15) is 17.4 Å². The number of carbonyl (C=O) groups excluding carboxylic acids is 2. The Bertz CT molecular complexity index is 1210. The highest BCUT2D eigenvalue weighted by Gasteiger charge is 2.45. The maximum atomic E-state index is 13.9. The molecule has 5 rings (SSSR count). The topological polar surface area (TPSA) is 76.7 Å². The van der Waals surface area contributed by atoms with Crippen LogP contribution in [0, 0.1) is 0 Å². The van der Waals surface area contributed by atoms with Crippen LogP contribution in [0.25, 0.3) is 0 Å².